The molecule has 0 aliphatic heterocycles. The highest BCUT2D eigenvalue weighted by molar-refractivity contribution is 5.91. The van der Waals surface area contributed by atoms with Crippen LogP contribution < -0.4 is 5.32 Å². The topological polar surface area (TPSA) is 45.5 Å². The normalized spacial score (nSPS) is 12.2. The molecule has 32 heavy (non-hydrogen) atoms. The minimum Gasteiger partial charge on any atom is -0.455 e. The number of amides is 1. The number of furan rings is 1. The molecule has 2 aromatic carbocycles. The summed E-state index contributed by atoms with van der Waals surface area (Å²) in [7, 11) is 0. The van der Waals surface area contributed by atoms with Crippen molar-refractivity contribution in [3.8, 4) is 0 Å². The van der Waals surface area contributed by atoms with Crippen LogP contribution >= 0.6 is 0 Å². The molecule has 170 valence electrons. The smallest absolute Gasteiger partial charge is 0.416 e. The molecule has 0 unspecified atom stereocenters. The van der Waals surface area contributed by atoms with Crippen LogP contribution in [0.25, 0.3) is 0 Å². The summed E-state index contributed by atoms with van der Waals surface area (Å²) in [6.07, 6.45) is -4.42. The Kier molecular flexibility index (Phi) is 7.09. The quantitative estimate of drug-likeness (QED) is 0.484. The van der Waals surface area contributed by atoms with E-state index < -0.39 is 17.6 Å². The van der Waals surface area contributed by atoms with Crippen LogP contribution in [0, 0.1) is 0 Å². The molecule has 7 heteroatoms. The first-order valence-electron chi connectivity index (χ1n) is 10.3. The molecule has 1 amide bonds. The maximum Gasteiger partial charge on any atom is 0.416 e. The summed E-state index contributed by atoms with van der Waals surface area (Å²) in [6.45, 7) is 7.55. The summed E-state index contributed by atoms with van der Waals surface area (Å²) in [4.78, 5) is 14.7. The number of nitrogens with one attached hydrogen (secondary N) is 1. The molecule has 0 fully saturated rings. The zero-order chi connectivity index (χ0) is 23.4. The van der Waals surface area contributed by atoms with Crippen molar-refractivity contribution in [1.29, 1.82) is 0 Å². The molecule has 0 aliphatic rings. The molecule has 0 saturated carbocycles. The zero-order valence-corrected chi connectivity index (χ0v) is 18.4. The SMILES string of the molecule is CC(C)(C)N(Cc1ccccc1)Cc1ccc(C(=O)NCc2cccc(C(F)(F)F)c2)o1. The predicted molar refractivity (Wildman–Crippen MR) is 117 cm³/mol. The lowest BCUT2D eigenvalue weighted by atomic mass is 10.0. The monoisotopic (exact) mass is 444 g/mol. The van der Waals surface area contributed by atoms with E-state index in [0.717, 1.165) is 18.7 Å². The van der Waals surface area contributed by atoms with Crippen molar-refractivity contribution in [2.24, 2.45) is 0 Å². The predicted octanol–water partition coefficient (Wildman–Crippen LogP) is 6.03. The Hall–Kier alpha value is -3.06. The van der Waals surface area contributed by atoms with Gasteiger partial charge in [-0.25, -0.2) is 0 Å². The van der Waals surface area contributed by atoms with Crippen LogP contribution in [0.3, 0.4) is 0 Å². The second-order valence-corrected chi connectivity index (χ2v) is 8.66. The number of hydrogen-bond acceptors (Lipinski definition) is 3. The number of carbonyl (C=O) groups is 1. The standard InChI is InChI=1S/C25H27F3N2O2/c1-24(2,3)30(16-18-8-5-4-6-9-18)17-21-12-13-22(32-21)23(31)29-15-19-10-7-11-20(14-19)25(26,27)28/h4-14H,15-17H2,1-3H3,(H,29,31). The molecule has 0 saturated heterocycles. The zero-order valence-electron chi connectivity index (χ0n) is 18.4. The minimum absolute atomic E-state index is 0.0269. The number of halogens is 3. The van der Waals surface area contributed by atoms with Crippen molar-refractivity contribution in [3.05, 3.63) is 94.9 Å². The average molecular weight is 444 g/mol. The third kappa shape index (κ3) is 6.47. The van der Waals surface area contributed by atoms with Crippen molar-refractivity contribution in [2.45, 2.75) is 52.1 Å². The third-order valence-corrected chi connectivity index (χ3v) is 5.10. The summed E-state index contributed by atoms with van der Waals surface area (Å²) >= 11 is 0. The Labute approximate surface area is 186 Å². The van der Waals surface area contributed by atoms with Gasteiger partial charge in [0.25, 0.3) is 5.91 Å². The summed E-state index contributed by atoms with van der Waals surface area (Å²) in [5.74, 6) is 0.291. The van der Waals surface area contributed by atoms with Gasteiger partial charge in [0, 0.05) is 18.6 Å². The van der Waals surface area contributed by atoms with Crippen molar-refractivity contribution >= 4 is 5.91 Å². The lowest BCUT2D eigenvalue weighted by Crippen LogP contribution is -2.40. The molecule has 3 aromatic rings. The third-order valence-electron chi connectivity index (χ3n) is 5.10. The van der Waals surface area contributed by atoms with Gasteiger partial charge in [-0.05, 0) is 56.2 Å². The molecule has 0 spiro atoms. The highest BCUT2D eigenvalue weighted by atomic mass is 19.4. The molecule has 4 nitrogen and oxygen atoms in total. The Morgan fingerprint density at radius 2 is 1.59 bits per heavy atom. The van der Waals surface area contributed by atoms with Gasteiger partial charge in [0.15, 0.2) is 5.76 Å². The first-order valence-corrected chi connectivity index (χ1v) is 10.3. The molecule has 1 aromatic heterocycles. The fraction of sp³-hybridized carbons (Fsp3) is 0.320. The second kappa shape index (κ2) is 9.61. The van der Waals surface area contributed by atoms with Gasteiger partial charge >= 0.3 is 6.18 Å². The van der Waals surface area contributed by atoms with E-state index >= 15 is 0 Å². The molecule has 3 rings (SSSR count). The summed E-state index contributed by atoms with van der Waals surface area (Å²) in [5.41, 5.74) is 0.661. The van der Waals surface area contributed by atoms with Gasteiger partial charge in [-0.2, -0.15) is 13.2 Å². The highest BCUT2D eigenvalue weighted by Gasteiger charge is 2.30. The van der Waals surface area contributed by atoms with E-state index in [2.05, 4.69) is 43.1 Å². The Balaban J connectivity index is 1.63. The highest BCUT2D eigenvalue weighted by Crippen LogP contribution is 2.29. The summed E-state index contributed by atoms with van der Waals surface area (Å²) in [5, 5.41) is 2.62. The first-order chi connectivity index (χ1) is 15.0. The Bertz CT molecular complexity index is 1040. The van der Waals surface area contributed by atoms with E-state index in [1.807, 2.05) is 18.2 Å². The first kappa shape index (κ1) is 23.6. The van der Waals surface area contributed by atoms with E-state index in [1.165, 1.54) is 17.7 Å². The number of benzene rings is 2. The molecule has 0 bridgehead atoms. The van der Waals surface area contributed by atoms with Gasteiger partial charge < -0.3 is 9.73 Å². The van der Waals surface area contributed by atoms with E-state index in [0.29, 0.717) is 17.9 Å². The second-order valence-electron chi connectivity index (χ2n) is 8.66. The summed E-state index contributed by atoms with van der Waals surface area (Å²) in [6, 6.07) is 18.3. The van der Waals surface area contributed by atoms with Crippen molar-refractivity contribution < 1.29 is 22.4 Å². The summed E-state index contributed by atoms with van der Waals surface area (Å²) < 4.78 is 44.3. The Morgan fingerprint density at radius 1 is 0.906 bits per heavy atom. The number of alkyl halides is 3. The van der Waals surface area contributed by atoms with Crippen LogP contribution in [0.15, 0.2) is 71.1 Å². The fourth-order valence-electron chi connectivity index (χ4n) is 3.23. The van der Waals surface area contributed by atoms with E-state index in [9.17, 15) is 18.0 Å². The number of nitrogens with zero attached hydrogens (tertiary/aromatic N) is 1. The maximum atomic E-state index is 12.9. The van der Waals surface area contributed by atoms with Crippen LogP contribution in [0.4, 0.5) is 13.2 Å². The van der Waals surface area contributed by atoms with Gasteiger partial charge in [0.2, 0.25) is 0 Å². The van der Waals surface area contributed by atoms with E-state index in [4.69, 9.17) is 4.42 Å². The van der Waals surface area contributed by atoms with Crippen LogP contribution in [-0.4, -0.2) is 16.3 Å². The molecule has 0 atom stereocenters. The van der Waals surface area contributed by atoms with Crippen LogP contribution in [0.5, 0.6) is 0 Å². The van der Waals surface area contributed by atoms with Gasteiger partial charge in [-0.3, -0.25) is 9.69 Å². The Morgan fingerprint density at radius 3 is 2.25 bits per heavy atom. The molecular weight excluding hydrogens is 417 g/mol. The van der Waals surface area contributed by atoms with Crippen molar-refractivity contribution in [1.82, 2.24) is 10.2 Å². The van der Waals surface area contributed by atoms with Crippen LogP contribution in [-0.2, 0) is 25.8 Å². The van der Waals surface area contributed by atoms with Crippen LogP contribution in [0.1, 0.15) is 53.8 Å². The lowest BCUT2D eigenvalue weighted by Gasteiger charge is -2.35. The molecule has 0 radical (unpaired) electrons. The van der Waals surface area contributed by atoms with Gasteiger partial charge in [0.05, 0.1) is 12.1 Å². The van der Waals surface area contributed by atoms with Crippen molar-refractivity contribution in [2.75, 3.05) is 0 Å². The molecule has 1 heterocycles. The van der Waals surface area contributed by atoms with Crippen molar-refractivity contribution in [3.63, 3.8) is 0 Å². The maximum absolute atomic E-state index is 12.9. The van der Waals surface area contributed by atoms with Gasteiger partial charge in [-0.1, -0.05) is 42.5 Å². The fourth-order valence-corrected chi connectivity index (χ4v) is 3.23. The largest absolute Gasteiger partial charge is 0.455 e. The molecular formula is C25H27F3N2O2. The van der Waals surface area contributed by atoms with E-state index in [1.54, 1.807) is 12.1 Å². The number of carbonyl (C=O) groups excluding carboxylic acids is 1. The van der Waals surface area contributed by atoms with E-state index in [-0.39, 0.29) is 17.8 Å². The van der Waals surface area contributed by atoms with Gasteiger partial charge in [-0.15, -0.1) is 0 Å². The lowest BCUT2D eigenvalue weighted by molar-refractivity contribution is -0.137. The minimum atomic E-state index is -4.42. The number of hydrogen-bond donors (Lipinski definition) is 1. The average Bonchev–Trinajstić information content (AvgIpc) is 3.20. The van der Waals surface area contributed by atoms with Crippen LogP contribution in [0.2, 0.25) is 0 Å². The molecule has 0 aliphatic carbocycles. The van der Waals surface area contributed by atoms with Gasteiger partial charge in [0.1, 0.15) is 5.76 Å². The number of rotatable bonds is 7. The molecule has 1 N–H and O–H groups in total.